The molecule has 6 heteroatoms. The molecule has 0 aliphatic carbocycles. The molecule has 18 heavy (non-hydrogen) atoms. The van der Waals surface area contributed by atoms with Gasteiger partial charge < -0.3 is 24.7 Å². The van der Waals surface area contributed by atoms with E-state index in [0.29, 0.717) is 0 Å². The summed E-state index contributed by atoms with van der Waals surface area (Å²) in [6.45, 7) is 1.87. The maximum Gasteiger partial charge on any atom is 0.536 e. The fraction of sp³-hybridized carbons (Fsp3) is 0.500. The molecule has 0 aromatic heterocycles. The minimum atomic E-state index is -2.88. The first kappa shape index (κ1) is 15.3. The molecule has 0 amide bonds. The molecule has 0 aliphatic rings. The lowest BCUT2D eigenvalue weighted by Gasteiger charge is -2.29. The zero-order chi connectivity index (χ0) is 13.8. The third-order valence-corrected chi connectivity index (χ3v) is 5.75. The van der Waals surface area contributed by atoms with E-state index in [1.165, 1.54) is 0 Å². The van der Waals surface area contributed by atoms with Crippen molar-refractivity contribution in [2.45, 2.75) is 19.0 Å². The van der Waals surface area contributed by atoms with E-state index in [1.54, 1.807) is 21.3 Å². The Morgan fingerprint density at radius 1 is 1.00 bits per heavy atom. The standard InChI is InChI=1S/C12H22N2O3Si/c1-9(13)12(14)10-7-5-6-8-11(10)18(15-2,16-3)17-4/h5-9,12H,13-14H2,1-4H3. The van der Waals surface area contributed by atoms with Crippen molar-refractivity contribution in [1.29, 1.82) is 0 Å². The molecule has 1 aromatic carbocycles. The highest BCUT2D eigenvalue weighted by Gasteiger charge is 2.43. The zero-order valence-electron chi connectivity index (χ0n) is 11.3. The van der Waals surface area contributed by atoms with Crippen molar-refractivity contribution in [3.05, 3.63) is 29.8 Å². The van der Waals surface area contributed by atoms with E-state index >= 15 is 0 Å². The van der Waals surface area contributed by atoms with E-state index in [2.05, 4.69) is 0 Å². The molecule has 0 aliphatic heterocycles. The SMILES string of the molecule is CO[Si](OC)(OC)c1ccccc1C(N)C(C)N. The smallest absolute Gasteiger partial charge is 0.373 e. The van der Waals surface area contributed by atoms with Gasteiger partial charge in [-0.3, -0.25) is 0 Å². The Hall–Kier alpha value is -0.763. The lowest BCUT2D eigenvalue weighted by molar-refractivity contribution is 0.140. The van der Waals surface area contributed by atoms with Crippen molar-refractivity contribution >= 4 is 14.0 Å². The molecule has 0 heterocycles. The van der Waals surface area contributed by atoms with Crippen LogP contribution in [0.25, 0.3) is 0 Å². The van der Waals surface area contributed by atoms with Gasteiger partial charge in [0.05, 0.1) is 0 Å². The Labute approximate surface area is 109 Å². The Kier molecular flexibility index (Phi) is 5.45. The Balaban J connectivity index is 3.31. The van der Waals surface area contributed by atoms with Gasteiger partial charge in [0.2, 0.25) is 0 Å². The van der Waals surface area contributed by atoms with Crippen LogP contribution < -0.4 is 16.7 Å². The first-order valence-electron chi connectivity index (χ1n) is 5.78. The summed E-state index contributed by atoms with van der Waals surface area (Å²) in [7, 11) is 1.85. The van der Waals surface area contributed by atoms with E-state index in [4.69, 9.17) is 24.7 Å². The van der Waals surface area contributed by atoms with Crippen molar-refractivity contribution in [2.75, 3.05) is 21.3 Å². The van der Waals surface area contributed by atoms with Gasteiger partial charge in [-0.1, -0.05) is 24.3 Å². The predicted molar refractivity (Wildman–Crippen MR) is 73.4 cm³/mol. The summed E-state index contributed by atoms with van der Waals surface area (Å²) in [5.41, 5.74) is 12.9. The van der Waals surface area contributed by atoms with Crippen molar-refractivity contribution < 1.29 is 13.3 Å². The van der Waals surface area contributed by atoms with Crippen molar-refractivity contribution in [2.24, 2.45) is 11.5 Å². The van der Waals surface area contributed by atoms with Gasteiger partial charge in [-0.2, -0.15) is 0 Å². The first-order valence-corrected chi connectivity index (χ1v) is 7.51. The number of hydrogen-bond acceptors (Lipinski definition) is 5. The fourth-order valence-electron chi connectivity index (χ4n) is 1.93. The summed E-state index contributed by atoms with van der Waals surface area (Å²) >= 11 is 0. The Bertz CT molecular complexity index is 375. The Morgan fingerprint density at radius 3 is 1.94 bits per heavy atom. The van der Waals surface area contributed by atoms with Gasteiger partial charge in [-0.05, 0) is 12.5 Å². The molecule has 2 unspecified atom stereocenters. The summed E-state index contributed by atoms with van der Waals surface area (Å²) in [6, 6.07) is 7.23. The van der Waals surface area contributed by atoms with Gasteiger partial charge in [0.1, 0.15) is 0 Å². The second-order valence-corrected chi connectivity index (χ2v) is 7.02. The first-order chi connectivity index (χ1) is 8.52. The van der Waals surface area contributed by atoms with E-state index in [-0.39, 0.29) is 12.1 Å². The molecule has 5 nitrogen and oxygen atoms in total. The Morgan fingerprint density at radius 2 is 1.50 bits per heavy atom. The average molecular weight is 270 g/mol. The minimum absolute atomic E-state index is 0.164. The van der Waals surface area contributed by atoms with Crippen LogP contribution in [0, 0.1) is 0 Å². The molecule has 0 saturated carbocycles. The highest BCUT2D eigenvalue weighted by Crippen LogP contribution is 2.16. The van der Waals surface area contributed by atoms with E-state index < -0.39 is 8.80 Å². The van der Waals surface area contributed by atoms with Gasteiger partial charge in [0, 0.05) is 38.6 Å². The van der Waals surface area contributed by atoms with Crippen molar-refractivity contribution in [3.8, 4) is 0 Å². The van der Waals surface area contributed by atoms with Gasteiger partial charge >= 0.3 is 8.80 Å². The van der Waals surface area contributed by atoms with Crippen LogP contribution in [0.3, 0.4) is 0 Å². The minimum Gasteiger partial charge on any atom is -0.373 e. The predicted octanol–water partition coefficient (Wildman–Crippen LogP) is 0.119. The highest BCUT2D eigenvalue weighted by atomic mass is 28.4. The average Bonchev–Trinajstić information content (AvgIpc) is 2.41. The molecule has 1 aromatic rings. The third-order valence-electron chi connectivity index (χ3n) is 3.02. The number of nitrogens with two attached hydrogens (primary N) is 2. The second-order valence-electron chi connectivity index (χ2n) is 4.14. The molecule has 1 rings (SSSR count). The van der Waals surface area contributed by atoms with E-state index in [9.17, 15) is 0 Å². The van der Waals surface area contributed by atoms with Crippen LogP contribution in [0.15, 0.2) is 24.3 Å². The van der Waals surface area contributed by atoms with Crippen LogP contribution in [-0.2, 0) is 13.3 Å². The number of hydrogen-bond donors (Lipinski definition) is 2. The maximum absolute atomic E-state index is 6.13. The molecule has 102 valence electrons. The monoisotopic (exact) mass is 270 g/mol. The van der Waals surface area contributed by atoms with Gasteiger partial charge in [0.15, 0.2) is 0 Å². The lowest BCUT2D eigenvalue weighted by atomic mass is 10.0. The van der Waals surface area contributed by atoms with Crippen LogP contribution in [0.1, 0.15) is 18.5 Å². The number of benzene rings is 1. The highest BCUT2D eigenvalue weighted by molar-refractivity contribution is 6.75. The van der Waals surface area contributed by atoms with Crippen molar-refractivity contribution in [1.82, 2.24) is 0 Å². The van der Waals surface area contributed by atoms with Gasteiger partial charge in [0.25, 0.3) is 0 Å². The topological polar surface area (TPSA) is 79.7 Å². The van der Waals surface area contributed by atoms with E-state index in [1.807, 2.05) is 31.2 Å². The van der Waals surface area contributed by atoms with Crippen LogP contribution in [-0.4, -0.2) is 36.2 Å². The largest absolute Gasteiger partial charge is 0.536 e. The van der Waals surface area contributed by atoms with E-state index in [0.717, 1.165) is 10.8 Å². The molecular formula is C12H22N2O3Si. The summed E-state index contributed by atoms with van der Waals surface area (Å²) in [5, 5.41) is 0.863. The lowest BCUT2D eigenvalue weighted by Crippen LogP contribution is -2.57. The molecule has 0 spiro atoms. The molecular weight excluding hydrogens is 248 g/mol. The van der Waals surface area contributed by atoms with Gasteiger partial charge in [-0.15, -0.1) is 0 Å². The fourth-order valence-corrected chi connectivity index (χ4v) is 3.99. The van der Waals surface area contributed by atoms with Crippen LogP contribution >= 0.6 is 0 Å². The third kappa shape index (κ3) is 2.80. The number of rotatable bonds is 6. The summed E-state index contributed by atoms with van der Waals surface area (Å²) in [4.78, 5) is 0. The molecule has 0 fully saturated rings. The van der Waals surface area contributed by atoms with Gasteiger partial charge in [-0.25, -0.2) is 0 Å². The molecule has 0 saturated heterocycles. The molecule has 4 N–H and O–H groups in total. The molecule has 2 atom stereocenters. The molecule has 0 radical (unpaired) electrons. The second kappa shape index (κ2) is 6.42. The molecule has 0 bridgehead atoms. The van der Waals surface area contributed by atoms with Crippen LogP contribution in [0.4, 0.5) is 0 Å². The normalized spacial score (nSPS) is 15.4. The summed E-state index contributed by atoms with van der Waals surface area (Å²) in [5.74, 6) is 0. The van der Waals surface area contributed by atoms with Crippen LogP contribution in [0.2, 0.25) is 0 Å². The maximum atomic E-state index is 6.13. The van der Waals surface area contributed by atoms with Crippen LogP contribution in [0.5, 0.6) is 0 Å². The summed E-state index contributed by atoms with van der Waals surface area (Å²) in [6.07, 6.45) is 0. The van der Waals surface area contributed by atoms with Crippen molar-refractivity contribution in [3.63, 3.8) is 0 Å². The summed E-state index contributed by atoms with van der Waals surface area (Å²) < 4.78 is 16.5. The quantitative estimate of drug-likeness (QED) is 0.718. The zero-order valence-corrected chi connectivity index (χ0v) is 12.3.